The molecular weight excluding hydrogens is 266 g/mol. The highest BCUT2D eigenvalue weighted by Gasteiger charge is 2.16. The molecule has 1 aliphatic rings. The second kappa shape index (κ2) is 7.61. The van der Waals surface area contributed by atoms with Gasteiger partial charge in [-0.3, -0.25) is 9.69 Å². The average molecular weight is 293 g/mol. The number of aromatic nitrogens is 1. The van der Waals surface area contributed by atoms with Gasteiger partial charge in [-0.2, -0.15) is 0 Å². The third-order valence-electron chi connectivity index (χ3n) is 4.18. The monoisotopic (exact) mass is 293 g/mol. The Morgan fingerprint density at radius 1 is 1.19 bits per heavy atom. The van der Waals surface area contributed by atoms with Gasteiger partial charge < -0.3 is 14.6 Å². The lowest BCUT2D eigenvalue weighted by atomic mass is 10.2. The van der Waals surface area contributed by atoms with Crippen molar-refractivity contribution in [2.45, 2.75) is 39.3 Å². The molecule has 0 aliphatic carbocycles. The summed E-state index contributed by atoms with van der Waals surface area (Å²) in [6.07, 6.45) is 5.01. The molecule has 1 saturated heterocycles. The van der Waals surface area contributed by atoms with Gasteiger partial charge in [0, 0.05) is 51.0 Å². The van der Waals surface area contributed by atoms with Crippen molar-refractivity contribution >= 4 is 0 Å². The highest BCUT2D eigenvalue weighted by molar-refractivity contribution is 5.20. The van der Waals surface area contributed by atoms with Crippen molar-refractivity contribution in [2.24, 2.45) is 0 Å². The highest BCUT2D eigenvalue weighted by atomic mass is 16.3. The average Bonchev–Trinajstić information content (AvgIpc) is 2.46. The van der Waals surface area contributed by atoms with Crippen molar-refractivity contribution in [3.05, 3.63) is 28.2 Å². The van der Waals surface area contributed by atoms with Crippen molar-refractivity contribution < 1.29 is 5.11 Å². The van der Waals surface area contributed by atoms with E-state index in [0.717, 1.165) is 51.4 Å². The van der Waals surface area contributed by atoms with E-state index in [0.29, 0.717) is 0 Å². The zero-order valence-electron chi connectivity index (χ0n) is 13.2. The molecule has 1 fully saturated rings. The van der Waals surface area contributed by atoms with E-state index < -0.39 is 0 Å². The van der Waals surface area contributed by atoms with Gasteiger partial charge in [0.25, 0.3) is 0 Å². The van der Waals surface area contributed by atoms with E-state index in [-0.39, 0.29) is 11.2 Å². The molecule has 1 aliphatic heterocycles. The fourth-order valence-electron chi connectivity index (χ4n) is 2.71. The van der Waals surface area contributed by atoms with Gasteiger partial charge in [-0.15, -0.1) is 0 Å². The first kappa shape index (κ1) is 16.0. The van der Waals surface area contributed by atoms with Gasteiger partial charge >= 0.3 is 0 Å². The minimum Gasteiger partial charge on any atom is -0.503 e. The van der Waals surface area contributed by atoms with Crippen molar-refractivity contribution in [3.63, 3.8) is 0 Å². The summed E-state index contributed by atoms with van der Waals surface area (Å²) in [4.78, 5) is 16.4. The van der Waals surface area contributed by atoms with Gasteiger partial charge in [-0.05, 0) is 13.5 Å². The summed E-state index contributed by atoms with van der Waals surface area (Å²) >= 11 is 0. The van der Waals surface area contributed by atoms with Crippen LogP contribution < -0.4 is 5.43 Å². The van der Waals surface area contributed by atoms with Gasteiger partial charge in [-0.1, -0.05) is 19.8 Å². The SMILES string of the molecule is CCCCCn1cc(O)c(=O)cc1CN1CCN(C)CC1. The number of nitrogens with zero attached hydrogens (tertiary/aromatic N) is 3. The second-order valence-corrected chi connectivity index (χ2v) is 5.99. The molecule has 0 amide bonds. The predicted molar refractivity (Wildman–Crippen MR) is 84.7 cm³/mol. The van der Waals surface area contributed by atoms with E-state index >= 15 is 0 Å². The van der Waals surface area contributed by atoms with Crippen LogP contribution in [0.2, 0.25) is 0 Å². The maximum atomic E-state index is 11.7. The van der Waals surface area contributed by atoms with Crippen molar-refractivity contribution in [1.29, 1.82) is 0 Å². The summed E-state index contributed by atoms with van der Waals surface area (Å²) in [5.74, 6) is -0.145. The molecule has 1 N–H and O–H groups in total. The molecule has 21 heavy (non-hydrogen) atoms. The first-order chi connectivity index (χ1) is 10.1. The summed E-state index contributed by atoms with van der Waals surface area (Å²) in [7, 11) is 2.14. The van der Waals surface area contributed by atoms with Gasteiger partial charge in [-0.25, -0.2) is 0 Å². The summed E-state index contributed by atoms with van der Waals surface area (Å²) < 4.78 is 2.05. The van der Waals surface area contributed by atoms with Crippen molar-refractivity contribution in [2.75, 3.05) is 33.2 Å². The Bertz CT molecular complexity index is 505. The molecule has 2 heterocycles. The molecule has 0 atom stereocenters. The molecule has 118 valence electrons. The Kier molecular flexibility index (Phi) is 5.82. The van der Waals surface area contributed by atoms with E-state index in [1.807, 2.05) is 4.57 Å². The Hall–Kier alpha value is -1.33. The number of likely N-dealkylation sites (N-methyl/N-ethyl adjacent to an activating group) is 1. The Morgan fingerprint density at radius 2 is 1.90 bits per heavy atom. The van der Waals surface area contributed by atoms with Gasteiger partial charge in [0.2, 0.25) is 5.43 Å². The van der Waals surface area contributed by atoms with Crippen LogP contribution in [0, 0.1) is 0 Å². The van der Waals surface area contributed by atoms with Gasteiger partial charge in [0.15, 0.2) is 5.75 Å². The van der Waals surface area contributed by atoms with Crippen LogP contribution in [-0.2, 0) is 13.1 Å². The molecule has 5 heteroatoms. The van der Waals surface area contributed by atoms with E-state index in [9.17, 15) is 9.90 Å². The van der Waals surface area contributed by atoms with Crippen LogP contribution in [-0.4, -0.2) is 52.7 Å². The van der Waals surface area contributed by atoms with Gasteiger partial charge in [0.1, 0.15) is 0 Å². The minimum atomic E-state index is -0.272. The van der Waals surface area contributed by atoms with E-state index in [1.54, 1.807) is 12.3 Å². The number of unbranched alkanes of at least 4 members (excludes halogenated alkanes) is 2. The summed E-state index contributed by atoms with van der Waals surface area (Å²) in [5.41, 5.74) is 0.740. The van der Waals surface area contributed by atoms with Crippen LogP contribution >= 0.6 is 0 Å². The van der Waals surface area contributed by atoms with Crippen LogP contribution in [0.15, 0.2) is 17.1 Å². The molecule has 0 saturated carbocycles. The zero-order chi connectivity index (χ0) is 15.2. The molecule has 0 bridgehead atoms. The number of hydrogen-bond donors (Lipinski definition) is 1. The first-order valence-electron chi connectivity index (χ1n) is 7.93. The number of pyridine rings is 1. The van der Waals surface area contributed by atoms with Gasteiger partial charge in [0.05, 0.1) is 6.20 Å². The zero-order valence-corrected chi connectivity index (χ0v) is 13.2. The Morgan fingerprint density at radius 3 is 2.57 bits per heavy atom. The maximum Gasteiger partial charge on any atom is 0.223 e. The highest BCUT2D eigenvalue weighted by Crippen LogP contribution is 2.12. The Labute approximate surface area is 126 Å². The number of aromatic hydroxyl groups is 1. The molecular formula is C16H27N3O2. The second-order valence-electron chi connectivity index (χ2n) is 5.99. The number of aryl methyl sites for hydroxylation is 1. The fraction of sp³-hybridized carbons (Fsp3) is 0.688. The Balaban J connectivity index is 2.08. The molecule has 1 aromatic heterocycles. The van der Waals surface area contributed by atoms with Crippen LogP contribution in [0.1, 0.15) is 31.9 Å². The molecule has 0 unspecified atom stereocenters. The van der Waals surface area contributed by atoms with E-state index in [4.69, 9.17) is 0 Å². The lowest BCUT2D eigenvalue weighted by Gasteiger charge is -2.32. The quantitative estimate of drug-likeness (QED) is 0.807. The maximum absolute atomic E-state index is 11.7. The lowest BCUT2D eigenvalue weighted by Crippen LogP contribution is -2.44. The van der Waals surface area contributed by atoms with Crippen molar-refractivity contribution in [1.82, 2.24) is 14.4 Å². The normalized spacial score (nSPS) is 17.2. The summed E-state index contributed by atoms with van der Waals surface area (Å²) in [6.45, 7) is 8.02. The predicted octanol–water partition coefficient (Wildman–Crippen LogP) is 1.49. The number of piperazine rings is 1. The summed E-state index contributed by atoms with van der Waals surface area (Å²) in [6, 6.07) is 1.60. The summed E-state index contributed by atoms with van der Waals surface area (Å²) in [5, 5.41) is 9.67. The number of hydrogen-bond acceptors (Lipinski definition) is 4. The molecule has 1 aromatic rings. The molecule has 2 rings (SSSR count). The number of rotatable bonds is 6. The topological polar surface area (TPSA) is 48.7 Å². The lowest BCUT2D eigenvalue weighted by molar-refractivity contribution is 0.145. The smallest absolute Gasteiger partial charge is 0.223 e. The standard InChI is InChI=1S/C16H27N3O2/c1-3-4-5-6-19-13-16(21)15(20)11-14(19)12-18-9-7-17(2)8-10-18/h11,13,21H,3-10,12H2,1-2H3. The fourth-order valence-corrected chi connectivity index (χ4v) is 2.71. The largest absolute Gasteiger partial charge is 0.503 e. The minimum absolute atomic E-state index is 0.145. The van der Waals surface area contributed by atoms with Crippen LogP contribution in [0.25, 0.3) is 0 Å². The molecule has 5 nitrogen and oxygen atoms in total. The van der Waals surface area contributed by atoms with Crippen LogP contribution in [0.3, 0.4) is 0 Å². The van der Waals surface area contributed by atoms with Crippen LogP contribution in [0.4, 0.5) is 0 Å². The van der Waals surface area contributed by atoms with E-state index in [2.05, 4.69) is 23.8 Å². The first-order valence-corrected chi connectivity index (χ1v) is 7.93. The molecule has 0 aromatic carbocycles. The van der Waals surface area contributed by atoms with Crippen molar-refractivity contribution in [3.8, 4) is 5.75 Å². The molecule has 0 spiro atoms. The third-order valence-corrected chi connectivity index (χ3v) is 4.18. The third kappa shape index (κ3) is 4.58. The van der Waals surface area contributed by atoms with Crippen LogP contribution in [0.5, 0.6) is 5.75 Å². The molecule has 0 radical (unpaired) electrons. The van der Waals surface area contributed by atoms with E-state index in [1.165, 1.54) is 12.8 Å².